The summed E-state index contributed by atoms with van der Waals surface area (Å²) < 4.78 is 30.0. The molecule has 0 bridgehead atoms. The number of aryl methyl sites for hydroxylation is 3. The SMILES string of the molecule is Cc1ccccc1OPOCc1ccc([N+](=O)[O-])cc1OP(Oc1ccccc1C)Oc1ccccc1C. The molecular weight excluding hydrogens is 524 g/mol. The van der Waals surface area contributed by atoms with E-state index >= 15 is 0 Å². The Hall–Kier alpha value is -3.70. The molecule has 4 aromatic rings. The number of nitrogens with zero attached hydrogens (tertiary/aromatic N) is 1. The van der Waals surface area contributed by atoms with Gasteiger partial charge in [-0.25, -0.2) is 0 Å². The lowest BCUT2D eigenvalue weighted by Gasteiger charge is -2.21. The van der Waals surface area contributed by atoms with Crippen LogP contribution < -0.4 is 18.1 Å². The Labute approximate surface area is 224 Å². The lowest BCUT2D eigenvalue weighted by Crippen LogP contribution is -2.06. The Morgan fingerprint density at radius 3 is 1.74 bits per heavy atom. The van der Waals surface area contributed by atoms with Crippen molar-refractivity contribution in [1.82, 2.24) is 0 Å². The van der Waals surface area contributed by atoms with E-state index in [1.165, 1.54) is 12.1 Å². The van der Waals surface area contributed by atoms with Gasteiger partial charge in [0.1, 0.15) is 23.0 Å². The van der Waals surface area contributed by atoms with Crippen LogP contribution in [0.1, 0.15) is 22.3 Å². The number of rotatable bonds is 12. The van der Waals surface area contributed by atoms with Gasteiger partial charge >= 0.3 is 8.60 Å². The molecule has 0 aliphatic carbocycles. The van der Waals surface area contributed by atoms with Crippen LogP contribution in [-0.2, 0) is 11.1 Å². The highest BCUT2D eigenvalue weighted by molar-refractivity contribution is 7.43. The molecule has 4 aromatic carbocycles. The normalized spacial score (nSPS) is 11.1. The molecule has 0 N–H and O–H groups in total. The zero-order chi connectivity index (χ0) is 26.9. The molecule has 0 aliphatic rings. The van der Waals surface area contributed by atoms with Gasteiger partial charge in [0.05, 0.1) is 17.6 Å². The first-order chi connectivity index (χ1) is 18.4. The molecule has 0 aliphatic heterocycles. The Morgan fingerprint density at radius 2 is 1.21 bits per heavy atom. The van der Waals surface area contributed by atoms with Crippen molar-refractivity contribution in [3.05, 3.63) is 123 Å². The summed E-state index contributed by atoms with van der Waals surface area (Å²) in [7, 11) is -2.31. The molecule has 38 heavy (non-hydrogen) atoms. The Morgan fingerprint density at radius 1 is 0.711 bits per heavy atom. The molecule has 1 atom stereocenters. The van der Waals surface area contributed by atoms with E-state index in [-0.39, 0.29) is 27.1 Å². The standard InChI is InChI=1S/C28H27NO7P2/c1-20-10-4-7-13-25(20)33-37-32-19-23-16-17-24(29(30)31)18-28(23)36-38(34-26-14-8-5-11-21(26)2)35-27-15-9-6-12-22(27)3/h4-18,37H,19H2,1-3H3. The van der Waals surface area contributed by atoms with Crippen LogP contribution in [0.5, 0.6) is 23.0 Å². The van der Waals surface area contributed by atoms with Crippen molar-refractivity contribution in [2.75, 3.05) is 0 Å². The maximum atomic E-state index is 11.5. The van der Waals surface area contributed by atoms with Gasteiger partial charge in [-0.1, -0.05) is 54.6 Å². The molecule has 4 rings (SSSR count). The zero-order valence-electron chi connectivity index (χ0n) is 21.1. The van der Waals surface area contributed by atoms with E-state index in [2.05, 4.69) is 0 Å². The third-order valence-corrected chi connectivity index (χ3v) is 7.10. The van der Waals surface area contributed by atoms with Gasteiger partial charge < -0.3 is 22.6 Å². The van der Waals surface area contributed by atoms with E-state index < -0.39 is 13.5 Å². The van der Waals surface area contributed by atoms with Crippen LogP contribution in [0.15, 0.2) is 91.0 Å². The highest BCUT2D eigenvalue weighted by Gasteiger charge is 2.24. The van der Waals surface area contributed by atoms with E-state index in [9.17, 15) is 10.1 Å². The summed E-state index contributed by atoms with van der Waals surface area (Å²) in [5.74, 6) is 2.13. The van der Waals surface area contributed by atoms with E-state index in [0.717, 1.165) is 22.4 Å². The third kappa shape index (κ3) is 7.42. The van der Waals surface area contributed by atoms with Crippen LogP contribution in [0.3, 0.4) is 0 Å². The van der Waals surface area contributed by atoms with E-state index in [1.54, 1.807) is 6.07 Å². The van der Waals surface area contributed by atoms with Crippen molar-refractivity contribution in [3.63, 3.8) is 0 Å². The van der Waals surface area contributed by atoms with Crippen LogP contribution in [0.25, 0.3) is 0 Å². The Kier molecular flexibility index (Phi) is 9.50. The van der Waals surface area contributed by atoms with Gasteiger partial charge in [-0.3, -0.25) is 10.1 Å². The summed E-state index contributed by atoms with van der Waals surface area (Å²) in [4.78, 5) is 11.0. The number of non-ortho nitro benzene ring substituents is 1. The summed E-state index contributed by atoms with van der Waals surface area (Å²) in [6.45, 7) is 5.89. The zero-order valence-corrected chi connectivity index (χ0v) is 23.0. The van der Waals surface area contributed by atoms with E-state index in [4.69, 9.17) is 22.6 Å². The summed E-state index contributed by atoms with van der Waals surface area (Å²) in [6.07, 6.45) is 0. The quantitative estimate of drug-likeness (QED) is 0.0756. The molecule has 0 saturated heterocycles. The van der Waals surface area contributed by atoms with Crippen LogP contribution in [0, 0.1) is 30.9 Å². The average molecular weight is 551 g/mol. The first-order valence-corrected chi connectivity index (χ1v) is 13.6. The lowest BCUT2D eigenvalue weighted by atomic mass is 10.2. The number of nitro benzene ring substituents is 1. The van der Waals surface area contributed by atoms with Gasteiger partial charge in [0, 0.05) is 11.6 Å². The first-order valence-electron chi connectivity index (χ1n) is 11.7. The largest absolute Gasteiger partial charge is 0.530 e. The van der Waals surface area contributed by atoms with Crippen molar-refractivity contribution < 1.29 is 27.5 Å². The van der Waals surface area contributed by atoms with Gasteiger partial charge in [0.2, 0.25) is 9.03 Å². The molecule has 196 valence electrons. The van der Waals surface area contributed by atoms with E-state index in [1.807, 2.05) is 93.6 Å². The van der Waals surface area contributed by atoms with E-state index in [0.29, 0.717) is 17.1 Å². The number of para-hydroxylation sites is 3. The third-order valence-electron chi connectivity index (χ3n) is 5.50. The minimum atomic E-state index is -2.04. The molecule has 0 radical (unpaired) electrons. The summed E-state index contributed by atoms with van der Waals surface area (Å²) >= 11 is 0. The molecule has 1 unspecified atom stereocenters. The van der Waals surface area contributed by atoms with Gasteiger partial charge in [0.25, 0.3) is 5.69 Å². The van der Waals surface area contributed by atoms with Gasteiger partial charge in [-0.15, -0.1) is 0 Å². The van der Waals surface area contributed by atoms with Gasteiger partial charge in [-0.2, -0.15) is 0 Å². The summed E-state index contributed by atoms with van der Waals surface area (Å²) in [6, 6.07) is 27.0. The van der Waals surface area contributed by atoms with Crippen molar-refractivity contribution in [2.45, 2.75) is 27.4 Å². The van der Waals surface area contributed by atoms with Crippen molar-refractivity contribution in [1.29, 1.82) is 0 Å². The van der Waals surface area contributed by atoms with Crippen molar-refractivity contribution in [3.8, 4) is 23.0 Å². The molecule has 0 spiro atoms. The van der Waals surface area contributed by atoms with Crippen LogP contribution in [-0.4, -0.2) is 4.92 Å². The average Bonchev–Trinajstić information content (AvgIpc) is 2.90. The predicted octanol–water partition coefficient (Wildman–Crippen LogP) is 8.39. The second-order valence-corrected chi connectivity index (χ2v) is 9.97. The minimum absolute atomic E-state index is 0.107. The highest BCUT2D eigenvalue weighted by Crippen LogP contribution is 2.45. The van der Waals surface area contributed by atoms with Crippen LogP contribution in [0.2, 0.25) is 0 Å². The smallest absolute Gasteiger partial charge is 0.449 e. The topological polar surface area (TPSA) is 89.3 Å². The number of hydrogen-bond donors (Lipinski definition) is 0. The lowest BCUT2D eigenvalue weighted by molar-refractivity contribution is -0.384. The van der Waals surface area contributed by atoms with Gasteiger partial charge in [0.15, 0.2) is 0 Å². The number of nitro groups is 1. The van der Waals surface area contributed by atoms with Crippen LogP contribution in [0.4, 0.5) is 5.69 Å². The second kappa shape index (κ2) is 13.2. The van der Waals surface area contributed by atoms with Crippen molar-refractivity contribution in [2.24, 2.45) is 0 Å². The Bertz CT molecular complexity index is 1350. The molecular formula is C28H27NO7P2. The van der Waals surface area contributed by atoms with Crippen molar-refractivity contribution >= 4 is 23.3 Å². The first kappa shape index (κ1) is 27.3. The van der Waals surface area contributed by atoms with Gasteiger partial charge in [-0.05, 0) is 61.7 Å². The summed E-state index contributed by atoms with van der Waals surface area (Å²) in [5, 5.41) is 11.5. The molecule has 0 aromatic heterocycles. The number of benzene rings is 4. The monoisotopic (exact) mass is 551 g/mol. The fourth-order valence-corrected chi connectivity index (χ4v) is 5.09. The molecule has 0 heterocycles. The minimum Gasteiger partial charge on any atom is -0.449 e. The molecule has 8 nitrogen and oxygen atoms in total. The molecule has 0 fully saturated rings. The maximum absolute atomic E-state index is 11.5. The highest BCUT2D eigenvalue weighted by atomic mass is 31.2. The van der Waals surface area contributed by atoms with Crippen LogP contribution >= 0.6 is 17.6 Å². The second-order valence-electron chi connectivity index (χ2n) is 8.32. The fraction of sp³-hybridized carbons (Fsp3) is 0.143. The molecule has 0 saturated carbocycles. The summed E-state index contributed by atoms with van der Waals surface area (Å²) in [5.41, 5.74) is 3.26. The molecule has 10 heteroatoms. The molecule has 0 amide bonds. The predicted molar refractivity (Wildman–Crippen MR) is 149 cm³/mol. The maximum Gasteiger partial charge on any atom is 0.530 e. The Balaban J connectivity index is 1.56. The number of hydrogen-bond acceptors (Lipinski definition) is 7. The fourth-order valence-electron chi connectivity index (χ4n) is 3.33.